The molecule has 0 aromatic heterocycles. The molecule has 0 amide bonds. The van der Waals surface area contributed by atoms with Gasteiger partial charge in [0.1, 0.15) is 0 Å². The highest BCUT2D eigenvalue weighted by atomic mass is 35.5. The number of anilines is 2. The molecule has 0 aliphatic heterocycles. The van der Waals surface area contributed by atoms with Crippen LogP contribution < -0.4 is 10.5 Å². The highest BCUT2D eigenvalue weighted by Crippen LogP contribution is 2.31. The molecule has 15 heavy (non-hydrogen) atoms. The number of nitrogen functional groups attached to an aromatic ring is 1. The number of nitrogens with two attached hydrogens (primary N) is 1. The minimum absolute atomic E-state index is 0.0364. The van der Waals surface area contributed by atoms with Crippen LogP contribution in [0.5, 0.6) is 0 Å². The van der Waals surface area contributed by atoms with Gasteiger partial charge in [0.2, 0.25) is 10.0 Å². The second-order valence-corrected chi connectivity index (χ2v) is 5.68. The minimum Gasteiger partial charge on any atom is -0.397 e. The van der Waals surface area contributed by atoms with Crippen molar-refractivity contribution in [3.8, 4) is 0 Å². The molecule has 0 radical (unpaired) electrons. The first kappa shape index (κ1) is 12.4. The second kappa shape index (κ2) is 4.47. The Morgan fingerprint density at radius 3 is 2.47 bits per heavy atom. The van der Waals surface area contributed by atoms with Gasteiger partial charge in [-0.15, -0.1) is 0 Å². The van der Waals surface area contributed by atoms with E-state index < -0.39 is 10.0 Å². The molecule has 0 atom stereocenters. The fraction of sp³-hybridized carbons (Fsp3) is 0.250. The van der Waals surface area contributed by atoms with Crippen molar-refractivity contribution in [2.24, 2.45) is 0 Å². The van der Waals surface area contributed by atoms with Crippen molar-refractivity contribution in [2.75, 3.05) is 16.2 Å². The predicted molar refractivity (Wildman–Crippen MR) is 64.0 cm³/mol. The van der Waals surface area contributed by atoms with Crippen molar-refractivity contribution < 1.29 is 8.42 Å². The summed E-state index contributed by atoms with van der Waals surface area (Å²) in [6.07, 6.45) is 0. The Labute approximate surface area is 98.4 Å². The third-order valence-electron chi connectivity index (χ3n) is 1.73. The maximum Gasteiger partial charge on any atom is 0.232 e. The largest absolute Gasteiger partial charge is 0.397 e. The van der Waals surface area contributed by atoms with Crippen molar-refractivity contribution in [3.05, 3.63) is 22.2 Å². The van der Waals surface area contributed by atoms with Crippen LogP contribution in [0.2, 0.25) is 10.0 Å². The maximum atomic E-state index is 11.3. The molecule has 0 heterocycles. The molecule has 1 aromatic carbocycles. The molecule has 4 nitrogen and oxygen atoms in total. The second-order valence-electron chi connectivity index (χ2n) is 2.86. The Kier molecular flexibility index (Phi) is 3.70. The fourth-order valence-electron chi connectivity index (χ4n) is 0.880. The highest BCUT2D eigenvalue weighted by molar-refractivity contribution is 7.92. The zero-order valence-electron chi connectivity index (χ0n) is 7.92. The van der Waals surface area contributed by atoms with Crippen LogP contribution in [-0.2, 0) is 10.0 Å². The van der Waals surface area contributed by atoms with E-state index in [4.69, 9.17) is 28.9 Å². The smallest absolute Gasteiger partial charge is 0.232 e. The van der Waals surface area contributed by atoms with Gasteiger partial charge in [0.25, 0.3) is 0 Å². The number of rotatable bonds is 3. The molecule has 1 aromatic rings. The quantitative estimate of drug-likeness (QED) is 0.827. The average Bonchev–Trinajstić information content (AvgIpc) is 2.14. The van der Waals surface area contributed by atoms with Gasteiger partial charge >= 0.3 is 0 Å². The van der Waals surface area contributed by atoms with Crippen molar-refractivity contribution in [3.63, 3.8) is 0 Å². The summed E-state index contributed by atoms with van der Waals surface area (Å²) in [5.41, 5.74) is 6.03. The van der Waals surface area contributed by atoms with Gasteiger partial charge < -0.3 is 5.73 Å². The van der Waals surface area contributed by atoms with Crippen LogP contribution in [0.25, 0.3) is 0 Å². The van der Waals surface area contributed by atoms with Crippen LogP contribution in [-0.4, -0.2) is 14.2 Å². The van der Waals surface area contributed by atoms with Crippen molar-refractivity contribution in [1.29, 1.82) is 0 Å². The number of nitrogens with one attached hydrogen (secondary N) is 1. The molecule has 0 bridgehead atoms. The van der Waals surface area contributed by atoms with Gasteiger partial charge in [-0.2, -0.15) is 0 Å². The van der Waals surface area contributed by atoms with Crippen molar-refractivity contribution >= 4 is 44.6 Å². The number of hydrogen-bond acceptors (Lipinski definition) is 3. The van der Waals surface area contributed by atoms with Crippen molar-refractivity contribution in [1.82, 2.24) is 0 Å². The number of sulfonamides is 1. The topological polar surface area (TPSA) is 72.2 Å². The first-order chi connectivity index (χ1) is 6.85. The van der Waals surface area contributed by atoms with E-state index in [1.807, 2.05) is 0 Å². The van der Waals surface area contributed by atoms with Gasteiger partial charge in [-0.05, 0) is 19.1 Å². The molecule has 0 aliphatic carbocycles. The summed E-state index contributed by atoms with van der Waals surface area (Å²) in [4.78, 5) is 0. The fourth-order valence-corrected chi connectivity index (χ4v) is 1.97. The Morgan fingerprint density at radius 1 is 1.33 bits per heavy atom. The van der Waals surface area contributed by atoms with E-state index in [1.54, 1.807) is 0 Å². The molecule has 0 unspecified atom stereocenters. The first-order valence-electron chi connectivity index (χ1n) is 4.10. The standard InChI is InChI=1S/C8H10Cl2N2O2S/c1-2-15(13,14)12-8-4-5(9)7(11)3-6(8)10/h3-4,12H,2,11H2,1H3. The number of benzene rings is 1. The molecule has 1 rings (SSSR count). The SMILES string of the molecule is CCS(=O)(=O)Nc1cc(Cl)c(N)cc1Cl. The van der Waals surface area contributed by atoms with E-state index in [-0.39, 0.29) is 21.5 Å². The van der Waals surface area contributed by atoms with Crippen molar-refractivity contribution in [2.45, 2.75) is 6.92 Å². The van der Waals surface area contributed by atoms with E-state index >= 15 is 0 Å². The molecule has 0 aliphatic rings. The predicted octanol–water partition coefficient (Wildman–Crippen LogP) is 2.34. The van der Waals surface area contributed by atoms with E-state index in [2.05, 4.69) is 4.72 Å². The summed E-state index contributed by atoms with van der Waals surface area (Å²) < 4.78 is 24.9. The van der Waals surface area contributed by atoms with Gasteiger partial charge in [-0.3, -0.25) is 4.72 Å². The lowest BCUT2D eigenvalue weighted by Gasteiger charge is -2.09. The molecule has 0 fully saturated rings. The molecule has 7 heteroatoms. The summed E-state index contributed by atoms with van der Waals surface area (Å²) in [5, 5.41) is 0.474. The number of halogens is 2. The average molecular weight is 269 g/mol. The Morgan fingerprint density at radius 2 is 1.93 bits per heavy atom. The van der Waals surface area contributed by atoms with E-state index in [0.29, 0.717) is 5.69 Å². The molecular weight excluding hydrogens is 259 g/mol. The number of hydrogen-bond donors (Lipinski definition) is 2. The van der Waals surface area contributed by atoms with E-state index in [0.717, 1.165) is 0 Å². The molecule has 3 N–H and O–H groups in total. The van der Waals surface area contributed by atoms with Crippen LogP contribution in [0.4, 0.5) is 11.4 Å². The molecule has 84 valence electrons. The lowest BCUT2D eigenvalue weighted by atomic mass is 10.3. The third-order valence-corrected chi connectivity index (χ3v) is 3.66. The lowest BCUT2D eigenvalue weighted by Crippen LogP contribution is -2.15. The molecule has 0 saturated carbocycles. The van der Waals surface area contributed by atoms with E-state index in [9.17, 15) is 8.42 Å². The summed E-state index contributed by atoms with van der Waals surface area (Å²) >= 11 is 11.5. The first-order valence-corrected chi connectivity index (χ1v) is 6.51. The molecular formula is C8H10Cl2N2O2S. The Bertz CT molecular complexity index is 474. The van der Waals surface area contributed by atoms with Crippen LogP contribution in [0, 0.1) is 0 Å². The van der Waals surface area contributed by atoms with Crippen LogP contribution in [0.1, 0.15) is 6.92 Å². The van der Waals surface area contributed by atoms with Gasteiger partial charge in [-0.1, -0.05) is 23.2 Å². The summed E-state index contributed by atoms with van der Waals surface area (Å²) in [5.74, 6) is -0.0364. The maximum absolute atomic E-state index is 11.3. The summed E-state index contributed by atoms with van der Waals surface area (Å²) in [6.45, 7) is 1.52. The summed E-state index contributed by atoms with van der Waals surface area (Å²) in [6, 6.07) is 2.78. The normalized spacial score (nSPS) is 11.4. The van der Waals surface area contributed by atoms with Crippen LogP contribution in [0.15, 0.2) is 12.1 Å². The zero-order valence-corrected chi connectivity index (χ0v) is 10.2. The minimum atomic E-state index is -3.36. The third kappa shape index (κ3) is 3.15. The molecule has 0 spiro atoms. The van der Waals surface area contributed by atoms with Gasteiger partial charge in [0.15, 0.2) is 0 Å². The van der Waals surface area contributed by atoms with Gasteiger partial charge in [0.05, 0.1) is 27.2 Å². The van der Waals surface area contributed by atoms with E-state index in [1.165, 1.54) is 19.1 Å². The Balaban J connectivity index is 3.12. The van der Waals surface area contributed by atoms with Crippen LogP contribution in [0.3, 0.4) is 0 Å². The molecule has 0 saturated heterocycles. The summed E-state index contributed by atoms with van der Waals surface area (Å²) in [7, 11) is -3.36. The van der Waals surface area contributed by atoms with Crippen LogP contribution >= 0.6 is 23.2 Å². The zero-order chi connectivity index (χ0) is 11.6. The lowest BCUT2D eigenvalue weighted by molar-refractivity contribution is 0.602. The van der Waals surface area contributed by atoms with Gasteiger partial charge in [0, 0.05) is 0 Å². The highest BCUT2D eigenvalue weighted by Gasteiger charge is 2.11. The Hall–Kier alpha value is -0.650. The van der Waals surface area contributed by atoms with Gasteiger partial charge in [-0.25, -0.2) is 8.42 Å². The monoisotopic (exact) mass is 268 g/mol.